The Balaban J connectivity index is 1.32. The minimum absolute atomic E-state index is 0.330. The van der Waals surface area contributed by atoms with E-state index < -0.39 is 0 Å². The molecule has 0 saturated carbocycles. The van der Waals surface area contributed by atoms with Crippen LogP contribution in [0.2, 0.25) is 0 Å². The Morgan fingerprint density at radius 3 is 3.13 bits per heavy atom. The van der Waals surface area contributed by atoms with Crippen molar-refractivity contribution in [2.24, 2.45) is 4.99 Å². The monoisotopic (exact) mass is 332 g/mol. The van der Waals surface area contributed by atoms with Gasteiger partial charge in [-0.25, -0.2) is 4.98 Å². The van der Waals surface area contributed by atoms with Crippen molar-refractivity contribution >= 4 is 17.3 Å². The number of ether oxygens (including phenoxy) is 1. The zero-order valence-corrected chi connectivity index (χ0v) is 13.8. The minimum atomic E-state index is 0.330. The van der Waals surface area contributed by atoms with E-state index in [1.165, 1.54) is 6.42 Å². The van der Waals surface area contributed by atoms with Crippen LogP contribution in [0.3, 0.4) is 0 Å². The highest BCUT2D eigenvalue weighted by molar-refractivity contribution is 7.13. The molecule has 2 N–H and O–H groups in total. The molecule has 0 aromatic carbocycles. The highest BCUT2D eigenvalue weighted by Crippen LogP contribution is 2.34. The van der Waals surface area contributed by atoms with E-state index in [1.54, 1.807) is 24.6 Å². The van der Waals surface area contributed by atoms with E-state index in [0.717, 1.165) is 29.4 Å². The summed E-state index contributed by atoms with van der Waals surface area (Å²) in [6.45, 7) is 0.580. The van der Waals surface area contributed by atoms with Gasteiger partial charge in [0.1, 0.15) is 6.26 Å². The van der Waals surface area contributed by atoms with Gasteiger partial charge in [-0.3, -0.25) is 4.99 Å². The quantitative estimate of drug-likeness (QED) is 0.664. The van der Waals surface area contributed by atoms with Crippen LogP contribution >= 0.6 is 11.3 Å². The third kappa shape index (κ3) is 3.11. The second kappa shape index (κ2) is 6.33. The number of rotatable bonds is 4. The molecule has 0 radical (unpaired) electrons. The number of fused-ring (bicyclic) bond motifs is 2. The minimum Gasteiger partial charge on any atom is -0.443 e. The van der Waals surface area contributed by atoms with E-state index in [9.17, 15) is 0 Å². The Hall–Kier alpha value is -1.86. The van der Waals surface area contributed by atoms with Gasteiger partial charge in [0, 0.05) is 7.05 Å². The van der Waals surface area contributed by atoms with Gasteiger partial charge in [-0.2, -0.15) is 0 Å². The number of oxazole rings is 1. The summed E-state index contributed by atoms with van der Waals surface area (Å²) in [4.78, 5) is 9.83. The van der Waals surface area contributed by atoms with Crippen molar-refractivity contribution in [3.8, 4) is 10.8 Å². The largest absolute Gasteiger partial charge is 0.443 e. The molecule has 0 aliphatic carbocycles. The molecule has 122 valence electrons. The SMILES string of the molecule is CN=C(NCc1coc(-c2cccs2)n1)NC1CC2CCC1O2. The molecule has 2 aliphatic heterocycles. The van der Waals surface area contributed by atoms with Gasteiger partial charge < -0.3 is 19.8 Å². The lowest BCUT2D eigenvalue weighted by Gasteiger charge is -2.22. The molecule has 6 nitrogen and oxygen atoms in total. The molecule has 2 aromatic rings. The van der Waals surface area contributed by atoms with Crippen LogP contribution in [-0.4, -0.2) is 36.2 Å². The molecule has 2 saturated heterocycles. The number of nitrogens with zero attached hydrogens (tertiary/aromatic N) is 2. The zero-order valence-electron chi connectivity index (χ0n) is 13.0. The lowest BCUT2D eigenvalue weighted by molar-refractivity contribution is 0.0992. The van der Waals surface area contributed by atoms with Crippen molar-refractivity contribution in [2.45, 2.75) is 44.1 Å². The molecule has 2 fully saturated rings. The number of guanidine groups is 1. The van der Waals surface area contributed by atoms with Crippen molar-refractivity contribution in [3.05, 3.63) is 29.5 Å². The average molecular weight is 332 g/mol. The van der Waals surface area contributed by atoms with Crippen LogP contribution in [-0.2, 0) is 11.3 Å². The normalized spacial score (nSPS) is 26.7. The van der Waals surface area contributed by atoms with Gasteiger partial charge in [-0.05, 0) is 30.7 Å². The van der Waals surface area contributed by atoms with Crippen LogP contribution in [0.1, 0.15) is 25.0 Å². The van der Waals surface area contributed by atoms with Gasteiger partial charge in [-0.1, -0.05) is 6.07 Å². The maximum absolute atomic E-state index is 5.87. The molecule has 0 amide bonds. The van der Waals surface area contributed by atoms with Gasteiger partial charge >= 0.3 is 0 Å². The molecule has 3 unspecified atom stereocenters. The van der Waals surface area contributed by atoms with Gasteiger partial charge in [0.05, 0.1) is 35.4 Å². The first-order chi connectivity index (χ1) is 11.3. The van der Waals surface area contributed by atoms with Crippen molar-refractivity contribution in [1.29, 1.82) is 0 Å². The summed E-state index contributed by atoms with van der Waals surface area (Å²) in [6, 6.07) is 4.35. The number of hydrogen-bond acceptors (Lipinski definition) is 5. The molecule has 4 rings (SSSR count). The lowest BCUT2D eigenvalue weighted by atomic mass is 9.96. The molecule has 23 heavy (non-hydrogen) atoms. The van der Waals surface area contributed by atoms with Crippen LogP contribution in [0.15, 0.2) is 33.2 Å². The van der Waals surface area contributed by atoms with Gasteiger partial charge in [0.2, 0.25) is 5.89 Å². The van der Waals surface area contributed by atoms with Crippen LogP contribution < -0.4 is 10.6 Å². The third-order valence-electron chi connectivity index (χ3n) is 4.37. The van der Waals surface area contributed by atoms with Crippen molar-refractivity contribution in [3.63, 3.8) is 0 Å². The van der Waals surface area contributed by atoms with E-state index in [4.69, 9.17) is 9.15 Å². The summed E-state index contributed by atoms with van der Waals surface area (Å²) >= 11 is 1.62. The number of hydrogen-bond donors (Lipinski definition) is 2. The first kappa shape index (κ1) is 14.7. The molecular weight excluding hydrogens is 312 g/mol. The number of thiophene rings is 1. The number of nitrogens with one attached hydrogen (secondary N) is 2. The van der Waals surface area contributed by atoms with E-state index in [0.29, 0.717) is 30.7 Å². The van der Waals surface area contributed by atoms with Crippen LogP contribution in [0, 0.1) is 0 Å². The summed E-state index contributed by atoms with van der Waals surface area (Å²) in [7, 11) is 1.78. The number of aliphatic imine (C=N–C) groups is 1. The first-order valence-electron chi connectivity index (χ1n) is 7.93. The fourth-order valence-electron chi connectivity index (χ4n) is 3.24. The predicted octanol–water partition coefficient (Wildman–Crippen LogP) is 2.39. The van der Waals surface area contributed by atoms with E-state index >= 15 is 0 Å². The van der Waals surface area contributed by atoms with E-state index in [1.807, 2.05) is 17.5 Å². The Kier molecular flexibility index (Phi) is 4.05. The molecule has 0 spiro atoms. The zero-order chi connectivity index (χ0) is 15.6. The molecular formula is C16H20N4O2S. The summed E-state index contributed by atoms with van der Waals surface area (Å²) in [5.74, 6) is 1.45. The lowest BCUT2D eigenvalue weighted by Crippen LogP contribution is -2.47. The second-order valence-corrected chi connectivity index (χ2v) is 6.86. The second-order valence-electron chi connectivity index (χ2n) is 5.91. The number of aromatic nitrogens is 1. The predicted molar refractivity (Wildman–Crippen MR) is 89.5 cm³/mol. The summed E-state index contributed by atoms with van der Waals surface area (Å²) in [5.41, 5.74) is 0.862. The molecule has 3 atom stereocenters. The van der Waals surface area contributed by atoms with Gasteiger partial charge in [0.15, 0.2) is 5.96 Å². The Labute approximate surface area is 139 Å². The smallest absolute Gasteiger partial charge is 0.236 e. The molecule has 2 bridgehead atoms. The highest BCUT2D eigenvalue weighted by Gasteiger charge is 2.41. The molecule has 7 heteroatoms. The van der Waals surface area contributed by atoms with Gasteiger partial charge in [-0.15, -0.1) is 11.3 Å². The Morgan fingerprint density at radius 1 is 1.48 bits per heavy atom. The molecule has 4 heterocycles. The van der Waals surface area contributed by atoms with Crippen LogP contribution in [0.4, 0.5) is 0 Å². The summed E-state index contributed by atoms with van der Waals surface area (Å²) in [5, 5.41) is 8.77. The first-order valence-corrected chi connectivity index (χ1v) is 8.80. The maximum Gasteiger partial charge on any atom is 0.236 e. The maximum atomic E-state index is 5.87. The fourth-order valence-corrected chi connectivity index (χ4v) is 3.89. The van der Waals surface area contributed by atoms with Crippen molar-refractivity contribution < 1.29 is 9.15 Å². The highest BCUT2D eigenvalue weighted by atomic mass is 32.1. The van der Waals surface area contributed by atoms with Crippen molar-refractivity contribution in [1.82, 2.24) is 15.6 Å². The Morgan fingerprint density at radius 2 is 2.43 bits per heavy atom. The fraction of sp³-hybridized carbons (Fsp3) is 0.500. The van der Waals surface area contributed by atoms with Crippen LogP contribution in [0.25, 0.3) is 10.8 Å². The van der Waals surface area contributed by atoms with E-state index in [2.05, 4.69) is 20.6 Å². The Bertz CT molecular complexity index is 682. The third-order valence-corrected chi connectivity index (χ3v) is 5.23. The standard InChI is InChI=1S/C16H20N4O2S/c1-17-16(20-12-7-11-4-5-13(12)22-11)18-8-10-9-21-15(19-10)14-3-2-6-23-14/h2-3,6,9,11-13H,4-5,7-8H2,1H3,(H2,17,18,20). The van der Waals surface area contributed by atoms with Crippen LogP contribution in [0.5, 0.6) is 0 Å². The van der Waals surface area contributed by atoms with Gasteiger partial charge in [0.25, 0.3) is 0 Å². The average Bonchev–Trinajstić information content (AvgIpc) is 3.35. The molecule has 2 aliphatic rings. The van der Waals surface area contributed by atoms with Crippen molar-refractivity contribution in [2.75, 3.05) is 7.05 Å². The molecule has 2 aromatic heterocycles. The topological polar surface area (TPSA) is 71.7 Å². The summed E-state index contributed by atoms with van der Waals surface area (Å²) < 4.78 is 11.4. The summed E-state index contributed by atoms with van der Waals surface area (Å²) in [6.07, 6.45) is 5.86. The van der Waals surface area contributed by atoms with E-state index in [-0.39, 0.29) is 0 Å².